The van der Waals surface area contributed by atoms with Gasteiger partial charge in [0.25, 0.3) is 0 Å². The van der Waals surface area contributed by atoms with Crippen molar-refractivity contribution in [1.82, 2.24) is 0 Å². The number of hydrogen-bond acceptors (Lipinski definition) is 4. The molecule has 0 aromatic heterocycles. The fourth-order valence-electron chi connectivity index (χ4n) is 2.52. The van der Waals surface area contributed by atoms with Crippen LogP contribution >= 0.6 is 11.8 Å². The number of esters is 1. The molecule has 0 aliphatic carbocycles. The zero-order valence-corrected chi connectivity index (χ0v) is 12.8. The van der Waals surface area contributed by atoms with Crippen molar-refractivity contribution >= 4 is 17.7 Å². The molecule has 0 spiro atoms. The molecule has 1 aliphatic rings. The molecular formula is C18H16O3S. The van der Waals surface area contributed by atoms with Gasteiger partial charge in [0.15, 0.2) is 5.60 Å². The summed E-state index contributed by atoms with van der Waals surface area (Å²) in [6.07, 6.45) is 1.44. The zero-order chi connectivity index (χ0) is 15.4. The fourth-order valence-corrected chi connectivity index (χ4v) is 3.60. The number of aliphatic hydroxyl groups excluding tert-OH is 1. The summed E-state index contributed by atoms with van der Waals surface area (Å²) in [5, 5.41) is 9.92. The van der Waals surface area contributed by atoms with E-state index in [0.29, 0.717) is 12.2 Å². The van der Waals surface area contributed by atoms with Gasteiger partial charge in [-0.25, -0.2) is 4.79 Å². The van der Waals surface area contributed by atoms with Crippen LogP contribution in [0.4, 0.5) is 0 Å². The van der Waals surface area contributed by atoms with Crippen molar-refractivity contribution in [3.63, 3.8) is 0 Å². The third kappa shape index (κ3) is 3.17. The van der Waals surface area contributed by atoms with E-state index in [9.17, 15) is 9.90 Å². The van der Waals surface area contributed by atoms with Crippen LogP contribution in [0.25, 0.3) is 0 Å². The summed E-state index contributed by atoms with van der Waals surface area (Å²) < 4.78 is 5.66. The van der Waals surface area contributed by atoms with E-state index in [1.54, 1.807) is 11.8 Å². The number of aliphatic hydroxyl groups is 1. The average Bonchev–Trinajstić information content (AvgIpc) is 2.54. The molecule has 1 unspecified atom stereocenters. The summed E-state index contributed by atoms with van der Waals surface area (Å²) in [7, 11) is 0. The molecule has 3 nitrogen and oxygen atoms in total. The van der Waals surface area contributed by atoms with Crippen LogP contribution in [0.15, 0.2) is 77.4 Å². The highest BCUT2D eigenvalue weighted by atomic mass is 32.2. The van der Waals surface area contributed by atoms with E-state index in [1.807, 2.05) is 60.7 Å². The largest absolute Gasteiger partial charge is 0.512 e. The van der Waals surface area contributed by atoms with Gasteiger partial charge < -0.3 is 9.84 Å². The summed E-state index contributed by atoms with van der Waals surface area (Å²) in [5.41, 5.74) is 0.0592. The molecule has 22 heavy (non-hydrogen) atoms. The summed E-state index contributed by atoms with van der Waals surface area (Å²) in [5.74, 6) is 0.111. The fraction of sp³-hybridized carbons (Fsp3) is 0.167. The number of thioether (sulfide) groups is 1. The number of ether oxygens (including phenoxy) is 1. The molecule has 0 saturated heterocycles. The predicted molar refractivity (Wildman–Crippen MR) is 86.7 cm³/mol. The van der Waals surface area contributed by atoms with E-state index in [1.165, 1.54) is 0 Å². The molecule has 2 aromatic carbocycles. The van der Waals surface area contributed by atoms with Crippen molar-refractivity contribution in [2.24, 2.45) is 0 Å². The van der Waals surface area contributed by atoms with E-state index >= 15 is 0 Å². The number of cyclic esters (lactones) is 1. The van der Waals surface area contributed by atoms with Gasteiger partial charge in [-0.2, -0.15) is 0 Å². The minimum absolute atomic E-state index is 0.0637. The lowest BCUT2D eigenvalue weighted by molar-refractivity contribution is -0.155. The number of hydrogen-bond donors (Lipinski definition) is 1. The minimum Gasteiger partial charge on any atom is -0.512 e. The molecule has 0 radical (unpaired) electrons. The Hall–Kier alpha value is -2.20. The van der Waals surface area contributed by atoms with E-state index in [0.717, 1.165) is 16.5 Å². The Kier molecular flexibility index (Phi) is 4.20. The number of carbonyl (C=O) groups excluding carboxylic acids is 1. The molecule has 2 aromatic rings. The standard InChI is InChI=1S/C18H16O3S/c19-15-11-17(20)21-18(12-15,14-7-3-1-4-8-14)13-22-16-9-5-2-6-10-16/h1-11,19H,12-13H2. The Morgan fingerprint density at radius 3 is 2.32 bits per heavy atom. The minimum atomic E-state index is -0.836. The van der Waals surface area contributed by atoms with Gasteiger partial charge in [0.1, 0.15) is 5.76 Å². The molecule has 1 heterocycles. The van der Waals surface area contributed by atoms with Gasteiger partial charge in [-0.15, -0.1) is 11.8 Å². The molecule has 1 N–H and O–H groups in total. The van der Waals surface area contributed by atoms with Gasteiger partial charge in [-0.05, 0) is 17.7 Å². The molecule has 0 fully saturated rings. The summed E-state index contributed by atoms with van der Waals surface area (Å²) >= 11 is 1.61. The molecular weight excluding hydrogens is 296 g/mol. The Labute approximate surface area is 133 Å². The maximum Gasteiger partial charge on any atom is 0.335 e. The van der Waals surface area contributed by atoms with Crippen molar-refractivity contribution in [2.45, 2.75) is 16.9 Å². The molecule has 1 aliphatic heterocycles. The van der Waals surface area contributed by atoms with Gasteiger partial charge in [-0.3, -0.25) is 0 Å². The van der Waals surface area contributed by atoms with Crippen LogP contribution in [0.3, 0.4) is 0 Å². The van der Waals surface area contributed by atoms with E-state index in [4.69, 9.17) is 4.74 Å². The van der Waals surface area contributed by atoms with Crippen LogP contribution in [0.1, 0.15) is 12.0 Å². The first kappa shape index (κ1) is 14.7. The predicted octanol–water partition coefficient (Wildman–Crippen LogP) is 4.06. The normalized spacial score (nSPS) is 21.1. The van der Waals surface area contributed by atoms with E-state index in [-0.39, 0.29) is 5.76 Å². The van der Waals surface area contributed by atoms with Gasteiger partial charge >= 0.3 is 5.97 Å². The van der Waals surface area contributed by atoms with Crippen molar-refractivity contribution in [3.8, 4) is 0 Å². The maximum absolute atomic E-state index is 11.8. The van der Waals surface area contributed by atoms with Crippen LogP contribution in [0, 0.1) is 0 Å². The molecule has 0 amide bonds. The summed E-state index contributed by atoms with van der Waals surface area (Å²) in [6.45, 7) is 0. The average molecular weight is 312 g/mol. The molecule has 0 bridgehead atoms. The number of carbonyl (C=O) groups is 1. The SMILES string of the molecule is O=C1C=C(O)CC(CSc2ccccc2)(c2ccccc2)O1. The monoisotopic (exact) mass is 312 g/mol. The first-order valence-electron chi connectivity index (χ1n) is 7.04. The number of benzene rings is 2. The van der Waals surface area contributed by atoms with Crippen molar-refractivity contribution in [2.75, 3.05) is 5.75 Å². The molecule has 0 saturated carbocycles. The summed E-state index contributed by atoms with van der Waals surface area (Å²) in [6, 6.07) is 19.5. The second-order valence-corrected chi connectivity index (χ2v) is 6.24. The highest BCUT2D eigenvalue weighted by molar-refractivity contribution is 7.99. The third-order valence-corrected chi connectivity index (χ3v) is 4.78. The van der Waals surface area contributed by atoms with Crippen LogP contribution in [-0.2, 0) is 15.1 Å². The van der Waals surface area contributed by atoms with Gasteiger partial charge in [0.05, 0.1) is 12.5 Å². The maximum atomic E-state index is 11.8. The van der Waals surface area contributed by atoms with Crippen LogP contribution in [-0.4, -0.2) is 16.8 Å². The first-order chi connectivity index (χ1) is 10.7. The number of rotatable bonds is 4. The third-order valence-electron chi connectivity index (χ3n) is 3.56. The topological polar surface area (TPSA) is 46.5 Å². The van der Waals surface area contributed by atoms with Crippen LogP contribution in [0.5, 0.6) is 0 Å². The summed E-state index contributed by atoms with van der Waals surface area (Å²) in [4.78, 5) is 12.9. The van der Waals surface area contributed by atoms with E-state index < -0.39 is 11.6 Å². The Balaban J connectivity index is 1.90. The first-order valence-corrected chi connectivity index (χ1v) is 8.02. The van der Waals surface area contributed by atoms with Gasteiger partial charge in [0.2, 0.25) is 0 Å². The molecule has 112 valence electrons. The lowest BCUT2D eigenvalue weighted by atomic mass is 9.89. The lowest BCUT2D eigenvalue weighted by Crippen LogP contribution is -2.38. The Bertz CT molecular complexity index is 682. The molecule has 3 rings (SSSR count). The van der Waals surface area contributed by atoms with Crippen LogP contribution in [0.2, 0.25) is 0 Å². The quantitative estimate of drug-likeness (QED) is 0.683. The second-order valence-electron chi connectivity index (χ2n) is 5.20. The van der Waals surface area contributed by atoms with Gasteiger partial charge in [0, 0.05) is 10.6 Å². The smallest absolute Gasteiger partial charge is 0.335 e. The van der Waals surface area contributed by atoms with Crippen LogP contribution < -0.4 is 0 Å². The van der Waals surface area contributed by atoms with Gasteiger partial charge in [-0.1, -0.05) is 48.5 Å². The Morgan fingerprint density at radius 2 is 1.68 bits per heavy atom. The van der Waals surface area contributed by atoms with Crippen molar-refractivity contribution in [1.29, 1.82) is 0 Å². The zero-order valence-electron chi connectivity index (χ0n) is 11.9. The highest BCUT2D eigenvalue weighted by Gasteiger charge is 2.40. The van der Waals surface area contributed by atoms with E-state index in [2.05, 4.69) is 0 Å². The lowest BCUT2D eigenvalue weighted by Gasteiger charge is -2.35. The Morgan fingerprint density at radius 1 is 1.05 bits per heavy atom. The van der Waals surface area contributed by atoms with Crippen molar-refractivity contribution < 1.29 is 14.6 Å². The molecule has 1 atom stereocenters. The molecule has 4 heteroatoms. The van der Waals surface area contributed by atoms with Crippen molar-refractivity contribution in [3.05, 3.63) is 78.1 Å². The highest BCUT2D eigenvalue weighted by Crippen LogP contribution is 2.39. The second kappa shape index (κ2) is 6.28.